The zero-order valence-electron chi connectivity index (χ0n) is 16.3. The molecule has 2 heterocycles. The van der Waals surface area contributed by atoms with Crippen LogP contribution in [-0.4, -0.2) is 14.8 Å². The van der Waals surface area contributed by atoms with Crippen LogP contribution >= 0.6 is 0 Å². The third kappa shape index (κ3) is 2.95. The molecule has 4 nitrogen and oxygen atoms in total. The molecule has 2 aliphatic rings. The molecule has 0 fully saturated rings. The Morgan fingerprint density at radius 3 is 2.43 bits per heavy atom. The van der Waals surface area contributed by atoms with Crippen molar-refractivity contribution in [3.05, 3.63) is 94.0 Å². The van der Waals surface area contributed by atoms with Crippen LogP contribution in [-0.2, 0) is 0 Å². The van der Waals surface area contributed by atoms with Crippen molar-refractivity contribution < 1.29 is 0 Å². The van der Waals surface area contributed by atoms with E-state index in [-0.39, 0.29) is 6.04 Å². The maximum absolute atomic E-state index is 4.54. The molecule has 1 aliphatic heterocycles. The Kier molecular flexibility index (Phi) is 4.12. The first-order chi connectivity index (χ1) is 13.7. The molecule has 1 atom stereocenters. The number of aromatic nitrogens is 3. The van der Waals surface area contributed by atoms with E-state index in [0.717, 1.165) is 25.2 Å². The fourth-order valence-electron chi connectivity index (χ4n) is 4.25. The van der Waals surface area contributed by atoms with Crippen LogP contribution in [0.5, 0.6) is 0 Å². The van der Waals surface area contributed by atoms with Gasteiger partial charge in [0.25, 0.3) is 0 Å². The molecule has 1 aliphatic carbocycles. The van der Waals surface area contributed by atoms with Gasteiger partial charge in [-0.2, -0.15) is 10.1 Å². The van der Waals surface area contributed by atoms with E-state index in [1.165, 1.54) is 39.1 Å². The zero-order valence-corrected chi connectivity index (χ0v) is 16.3. The van der Waals surface area contributed by atoms with Crippen molar-refractivity contribution in [2.45, 2.75) is 39.2 Å². The Hall–Kier alpha value is -3.14. The molecule has 3 aromatic rings. The van der Waals surface area contributed by atoms with Crippen molar-refractivity contribution in [3.8, 4) is 0 Å². The van der Waals surface area contributed by atoms with Crippen LogP contribution in [0, 0.1) is 13.8 Å². The Morgan fingerprint density at radius 1 is 0.964 bits per heavy atom. The van der Waals surface area contributed by atoms with E-state index in [9.17, 15) is 0 Å². The number of nitrogens with one attached hydrogen (secondary N) is 1. The van der Waals surface area contributed by atoms with Crippen LogP contribution in [0.3, 0.4) is 0 Å². The standard InChI is InChI=1S/C24H24N4/c1-16-6-10-18(11-7-16)14-20-4-3-5-21-22(20)27-24-25-15-26-28(24)23(21)19-12-8-17(2)9-13-19/h6-15,23H,3-5H2,1-2H3,(H,25,26,27)/b20-14+. The van der Waals surface area contributed by atoms with Gasteiger partial charge in [-0.15, -0.1) is 0 Å². The second kappa shape index (κ2) is 6.79. The average molecular weight is 368 g/mol. The van der Waals surface area contributed by atoms with Gasteiger partial charge in [0, 0.05) is 5.70 Å². The number of aryl methyl sites for hydroxylation is 2. The fourth-order valence-corrected chi connectivity index (χ4v) is 4.25. The number of benzene rings is 2. The van der Waals surface area contributed by atoms with Crippen molar-refractivity contribution in [3.63, 3.8) is 0 Å². The van der Waals surface area contributed by atoms with Crippen LogP contribution in [0.4, 0.5) is 5.95 Å². The quantitative estimate of drug-likeness (QED) is 0.656. The van der Waals surface area contributed by atoms with Gasteiger partial charge in [-0.25, -0.2) is 4.68 Å². The summed E-state index contributed by atoms with van der Waals surface area (Å²) in [5.41, 5.74) is 9.07. The van der Waals surface area contributed by atoms with Gasteiger partial charge in [0.05, 0.1) is 0 Å². The third-order valence-electron chi connectivity index (χ3n) is 5.73. The maximum Gasteiger partial charge on any atom is 0.226 e. The highest BCUT2D eigenvalue weighted by Crippen LogP contribution is 2.43. The van der Waals surface area contributed by atoms with Crippen LogP contribution in [0.15, 0.2) is 71.7 Å². The number of hydrogen-bond acceptors (Lipinski definition) is 3. The van der Waals surface area contributed by atoms with Gasteiger partial charge in [0.2, 0.25) is 5.95 Å². The average Bonchev–Trinajstić information content (AvgIpc) is 3.17. The lowest BCUT2D eigenvalue weighted by Crippen LogP contribution is -2.28. The predicted octanol–water partition coefficient (Wildman–Crippen LogP) is 5.43. The molecule has 0 radical (unpaired) electrons. The molecule has 5 rings (SSSR count). The molecule has 0 amide bonds. The molecule has 28 heavy (non-hydrogen) atoms. The van der Waals surface area contributed by atoms with E-state index in [0.29, 0.717) is 0 Å². The van der Waals surface area contributed by atoms with Gasteiger partial charge in [-0.3, -0.25) is 0 Å². The molecule has 2 aromatic carbocycles. The van der Waals surface area contributed by atoms with E-state index in [2.05, 4.69) is 83.9 Å². The normalized spacial score (nSPS) is 19.9. The SMILES string of the molecule is Cc1ccc(/C=C2\CCCC3=C2Nc2ncnn2C3c2ccc(C)cc2)cc1. The lowest BCUT2D eigenvalue weighted by molar-refractivity contribution is 0.538. The predicted molar refractivity (Wildman–Crippen MR) is 113 cm³/mol. The molecule has 0 bridgehead atoms. The molecule has 1 unspecified atom stereocenters. The number of rotatable bonds is 2. The summed E-state index contributed by atoms with van der Waals surface area (Å²) in [5.74, 6) is 0.820. The monoisotopic (exact) mass is 368 g/mol. The summed E-state index contributed by atoms with van der Waals surface area (Å²) < 4.78 is 2.03. The van der Waals surface area contributed by atoms with Crippen LogP contribution in [0.1, 0.15) is 47.6 Å². The topological polar surface area (TPSA) is 42.7 Å². The van der Waals surface area contributed by atoms with E-state index in [4.69, 9.17) is 0 Å². The minimum absolute atomic E-state index is 0.107. The minimum atomic E-state index is 0.107. The summed E-state index contributed by atoms with van der Waals surface area (Å²) in [4.78, 5) is 4.47. The summed E-state index contributed by atoms with van der Waals surface area (Å²) in [5, 5.41) is 8.11. The Morgan fingerprint density at radius 2 is 1.68 bits per heavy atom. The van der Waals surface area contributed by atoms with E-state index < -0.39 is 0 Å². The van der Waals surface area contributed by atoms with Crippen molar-refractivity contribution >= 4 is 12.0 Å². The van der Waals surface area contributed by atoms with Crippen molar-refractivity contribution in [2.24, 2.45) is 0 Å². The van der Waals surface area contributed by atoms with E-state index in [1.54, 1.807) is 6.33 Å². The Bertz CT molecular complexity index is 1070. The molecule has 0 saturated heterocycles. The van der Waals surface area contributed by atoms with Crippen LogP contribution in [0.2, 0.25) is 0 Å². The highest BCUT2D eigenvalue weighted by molar-refractivity contribution is 5.65. The van der Waals surface area contributed by atoms with Gasteiger partial charge in [-0.05, 0) is 61.5 Å². The fraction of sp³-hybridized carbons (Fsp3) is 0.250. The molecule has 4 heteroatoms. The van der Waals surface area contributed by atoms with Gasteiger partial charge in [0.15, 0.2) is 0 Å². The second-order valence-electron chi connectivity index (χ2n) is 7.80. The number of allylic oxidation sites excluding steroid dienone is 2. The first-order valence-corrected chi connectivity index (χ1v) is 9.93. The minimum Gasteiger partial charge on any atom is -0.324 e. The Labute approximate surface area is 165 Å². The molecule has 1 aromatic heterocycles. The van der Waals surface area contributed by atoms with Crippen LogP contribution in [0.25, 0.3) is 6.08 Å². The van der Waals surface area contributed by atoms with Gasteiger partial charge < -0.3 is 5.32 Å². The number of hydrogen-bond donors (Lipinski definition) is 1. The van der Waals surface area contributed by atoms with Gasteiger partial charge >= 0.3 is 0 Å². The smallest absolute Gasteiger partial charge is 0.226 e. The summed E-state index contributed by atoms with van der Waals surface area (Å²) in [6, 6.07) is 17.6. The number of anilines is 1. The zero-order chi connectivity index (χ0) is 19.1. The third-order valence-corrected chi connectivity index (χ3v) is 5.73. The number of nitrogens with zero attached hydrogens (tertiary/aromatic N) is 3. The molecular formula is C24H24N4. The first-order valence-electron chi connectivity index (χ1n) is 9.93. The lowest BCUT2D eigenvalue weighted by Gasteiger charge is -2.34. The molecule has 1 N–H and O–H groups in total. The lowest BCUT2D eigenvalue weighted by atomic mass is 9.83. The summed E-state index contributed by atoms with van der Waals surface area (Å²) in [7, 11) is 0. The highest BCUT2D eigenvalue weighted by atomic mass is 15.4. The summed E-state index contributed by atoms with van der Waals surface area (Å²) >= 11 is 0. The van der Waals surface area contributed by atoms with Crippen molar-refractivity contribution in [2.75, 3.05) is 5.32 Å². The van der Waals surface area contributed by atoms with Gasteiger partial charge in [0.1, 0.15) is 12.4 Å². The van der Waals surface area contributed by atoms with E-state index >= 15 is 0 Å². The highest BCUT2D eigenvalue weighted by Gasteiger charge is 2.33. The number of fused-ring (bicyclic) bond motifs is 1. The van der Waals surface area contributed by atoms with E-state index in [1.807, 2.05) is 4.68 Å². The summed E-state index contributed by atoms with van der Waals surface area (Å²) in [6.07, 6.45) is 7.27. The maximum atomic E-state index is 4.54. The molecular weight excluding hydrogens is 344 g/mol. The first kappa shape index (κ1) is 17.0. The van der Waals surface area contributed by atoms with Gasteiger partial charge in [-0.1, -0.05) is 59.7 Å². The molecule has 0 saturated carbocycles. The largest absolute Gasteiger partial charge is 0.324 e. The Balaban J connectivity index is 1.63. The van der Waals surface area contributed by atoms with Crippen molar-refractivity contribution in [1.82, 2.24) is 14.8 Å². The summed E-state index contributed by atoms with van der Waals surface area (Å²) in [6.45, 7) is 4.25. The second-order valence-corrected chi connectivity index (χ2v) is 7.80. The van der Waals surface area contributed by atoms with Crippen LogP contribution < -0.4 is 5.32 Å². The van der Waals surface area contributed by atoms with Crippen molar-refractivity contribution in [1.29, 1.82) is 0 Å². The molecule has 0 spiro atoms. The molecule has 140 valence electrons.